The second-order valence-corrected chi connectivity index (χ2v) is 3.34. The molecule has 0 amide bonds. The zero-order valence-corrected chi connectivity index (χ0v) is 7.97. The zero-order valence-electron chi connectivity index (χ0n) is 7.97. The van der Waals surface area contributed by atoms with Gasteiger partial charge >= 0.3 is 5.97 Å². The smallest absolute Gasteiger partial charge is 0.373 e. The van der Waals surface area contributed by atoms with Crippen molar-refractivity contribution in [2.75, 3.05) is 18.0 Å². The van der Waals surface area contributed by atoms with E-state index in [2.05, 4.69) is 4.98 Å². The number of carboxylic acids is 1. The molecule has 15 heavy (non-hydrogen) atoms. The highest BCUT2D eigenvalue weighted by molar-refractivity contribution is 5.84. The topological polar surface area (TPSA) is 83.6 Å². The fourth-order valence-electron chi connectivity index (χ4n) is 1.46. The number of rotatable bonds is 2. The van der Waals surface area contributed by atoms with Gasteiger partial charge in [-0.1, -0.05) is 0 Å². The highest BCUT2D eigenvalue weighted by Gasteiger charge is 2.21. The summed E-state index contributed by atoms with van der Waals surface area (Å²) in [6, 6.07) is 0.278. The van der Waals surface area contributed by atoms with Crippen LogP contribution in [0, 0.1) is 0 Å². The van der Waals surface area contributed by atoms with Crippen molar-refractivity contribution in [2.45, 2.75) is 12.8 Å². The third-order valence-electron chi connectivity index (χ3n) is 2.30. The number of Topliss-reactive ketones (excluding diaryl/α,β-unsaturated/α-hetero) is 1. The molecule has 80 valence electrons. The minimum absolute atomic E-state index is 0.179. The van der Waals surface area contributed by atoms with Crippen LogP contribution in [-0.2, 0) is 4.79 Å². The van der Waals surface area contributed by atoms with Gasteiger partial charge in [-0.25, -0.2) is 9.78 Å². The summed E-state index contributed by atoms with van der Waals surface area (Å²) in [6.45, 7) is 1.08. The fraction of sp³-hybridized carbons (Fsp3) is 0.444. The lowest BCUT2D eigenvalue weighted by molar-refractivity contribution is -0.119. The van der Waals surface area contributed by atoms with Crippen molar-refractivity contribution in [1.29, 1.82) is 0 Å². The number of carbonyl (C=O) groups excluding carboxylic acids is 1. The molecule has 1 saturated heterocycles. The number of anilines is 1. The van der Waals surface area contributed by atoms with Gasteiger partial charge in [-0.05, 0) is 0 Å². The number of aromatic carboxylic acids is 1. The van der Waals surface area contributed by atoms with Crippen LogP contribution in [0.2, 0.25) is 0 Å². The summed E-state index contributed by atoms with van der Waals surface area (Å²) in [7, 11) is 0. The largest absolute Gasteiger partial charge is 0.475 e. The van der Waals surface area contributed by atoms with Crippen molar-refractivity contribution in [3.63, 3.8) is 0 Å². The average molecular weight is 210 g/mol. The van der Waals surface area contributed by atoms with Gasteiger partial charge in [-0.15, -0.1) is 0 Å². The predicted octanol–water partition coefficient (Wildman–Crippen LogP) is 0.542. The van der Waals surface area contributed by atoms with Gasteiger partial charge in [0.05, 0.1) is 6.20 Å². The summed E-state index contributed by atoms with van der Waals surface area (Å²) in [5, 5.41) is 8.63. The predicted molar refractivity (Wildman–Crippen MR) is 49.9 cm³/mol. The average Bonchev–Trinajstić information content (AvgIpc) is 2.68. The Balaban J connectivity index is 2.09. The zero-order chi connectivity index (χ0) is 10.8. The Morgan fingerprint density at radius 2 is 2.13 bits per heavy atom. The van der Waals surface area contributed by atoms with Gasteiger partial charge in [-0.3, -0.25) is 4.79 Å². The normalized spacial score (nSPS) is 16.8. The lowest BCUT2D eigenvalue weighted by Crippen LogP contribution is -2.33. The van der Waals surface area contributed by atoms with Crippen molar-refractivity contribution >= 4 is 17.8 Å². The third kappa shape index (κ3) is 1.98. The van der Waals surface area contributed by atoms with E-state index in [1.807, 2.05) is 0 Å². The highest BCUT2D eigenvalue weighted by Crippen LogP contribution is 2.18. The number of hydrogen-bond acceptors (Lipinski definition) is 5. The maximum atomic E-state index is 11.0. The molecule has 0 bridgehead atoms. The Morgan fingerprint density at radius 3 is 2.67 bits per heavy atom. The van der Waals surface area contributed by atoms with Gasteiger partial charge in [0.2, 0.25) is 5.76 Å². The van der Waals surface area contributed by atoms with Crippen LogP contribution < -0.4 is 4.90 Å². The van der Waals surface area contributed by atoms with E-state index in [0.29, 0.717) is 25.9 Å². The lowest BCUT2D eigenvalue weighted by atomic mass is 10.1. The minimum atomic E-state index is -1.14. The first-order chi connectivity index (χ1) is 7.16. The summed E-state index contributed by atoms with van der Waals surface area (Å²) in [6.07, 6.45) is 2.10. The molecule has 0 unspecified atom stereocenters. The summed E-state index contributed by atoms with van der Waals surface area (Å²) >= 11 is 0. The Kier molecular flexibility index (Phi) is 2.40. The summed E-state index contributed by atoms with van der Waals surface area (Å²) in [5.74, 6) is -1.10. The number of ketones is 1. The second kappa shape index (κ2) is 3.72. The minimum Gasteiger partial charge on any atom is -0.475 e. The molecular formula is C9H10N2O4. The van der Waals surface area contributed by atoms with Crippen molar-refractivity contribution in [3.05, 3.63) is 12.0 Å². The number of carbonyl (C=O) groups is 2. The van der Waals surface area contributed by atoms with Crippen molar-refractivity contribution in [1.82, 2.24) is 4.98 Å². The van der Waals surface area contributed by atoms with Crippen molar-refractivity contribution in [3.8, 4) is 0 Å². The number of aromatic nitrogens is 1. The Hall–Kier alpha value is -1.85. The quantitative estimate of drug-likeness (QED) is 0.767. The van der Waals surface area contributed by atoms with E-state index >= 15 is 0 Å². The van der Waals surface area contributed by atoms with Crippen LogP contribution in [-0.4, -0.2) is 34.9 Å². The van der Waals surface area contributed by atoms with E-state index in [-0.39, 0.29) is 17.6 Å². The maximum absolute atomic E-state index is 11.0. The van der Waals surface area contributed by atoms with Gasteiger partial charge in [0.1, 0.15) is 5.78 Å². The van der Waals surface area contributed by atoms with Crippen molar-refractivity contribution in [2.24, 2.45) is 0 Å². The van der Waals surface area contributed by atoms with Crippen molar-refractivity contribution < 1.29 is 19.1 Å². The number of oxazole rings is 1. The monoisotopic (exact) mass is 210 g/mol. The molecule has 0 aliphatic carbocycles. The second-order valence-electron chi connectivity index (χ2n) is 3.34. The van der Waals surface area contributed by atoms with Gasteiger partial charge in [0.25, 0.3) is 6.01 Å². The Bertz CT molecular complexity index is 389. The van der Waals surface area contributed by atoms with Crippen LogP contribution in [0.15, 0.2) is 10.6 Å². The van der Waals surface area contributed by atoms with E-state index < -0.39 is 5.97 Å². The van der Waals surface area contributed by atoms with Crippen LogP contribution in [0.1, 0.15) is 23.4 Å². The molecule has 1 N–H and O–H groups in total. The molecule has 0 atom stereocenters. The molecule has 0 aromatic carbocycles. The van der Waals surface area contributed by atoms with Gasteiger partial charge < -0.3 is 14.4 Å². The Morgan fingerprint density at radius 1 is 1.47 bits per heavy atom. The van der Waals surface area contributed by atoms with E-state index in [4.69, 9.17) is 9.52 Å². The standard InChI is InChI=1S/C9H10N2O4/c12-6-1-3-11(4-2-6)9-10-5-7(15-9)8(13)14/h5H,1-4H2,(H,13,14). The van der Waals surface area contributed by atoms with Crippen LogP contribution in [0.4, 0.5) is 6.01 Å². The molecule has 2 rings (SSSR count). The SMILES string of the molecule is O=C1CCN(c2ncc(C(=O)O)o2)CC1. The molecule has 2 heterocycles. The van der Waals surface area contributed by atoms with Crippen LogP contribution in [0.3, 0.4) is 0 Å². The molecular weight excluding hydrogens is 200 g/mol. The van der Waals surface area contributed by atoms with Crippen LogP contribution >= 0.6 is 0 Å². The van der Waals surface area contributed by atoms with Crippen LogP contribution in [0.25, 0.3) is 0 Å². The lowest BCUT2D eigenvalue weighted by Gasteiger charge is -2.23. The molecule has 0 saturated carbocycles. The molecule has 1 aromatic rings. The van der Waals surface area contributed by atoms with Gasteiger partial charge in [-0.2, -0.15) is 0 Å². The van der Waals surface area contributed by atoms with Gasteiger partial charge in [0.15, 0.2) is 0 Å². The molecule has 0 radical (unpaired) electrons. The molecule has 6 heteroatoms. The first-order valence-electron chi connectivity index (χ1n) is 4.62. The number of hydrogen-bond donors (Lipinski definition) is 1. The molecule has 0 spiro atoms. The number of piperidine rings is 1. The Labute approximate surface area is 85.5 Å². The van der Waals surface area contributed by atoms with E-state index in [1.165, 1.54) is 6.20 Å². The van der Waals surface area contributed by atoms with E-state index in [9.17, 15) is 9.59 Å². The fourth-order valence-corrected chi connectivity index (χ4v) is 1.46. The van der Waals surface area contributed by atoms with Crippen LogP contribution in [0.5, 0.6) is 0 Å². The maximum Gasteiger partial charge on any atom is 0.373 e. The van der Waals surface area contributed by atoms with E-state index in [1.54, 1.807) is 4.90 Å². The summed E-state index contributed by atoms with van der Waals surface area (Å²) in [4.78, 5) is 27.1. The first kappa shape index (κ1) is 9.70. The van der Waals surface area contributed by atoms with E-state index in [0.717, 1.165) is 0 Å². The molecule has 6 nitrogen and oxygen atoms in total. The third-order valence-corrected chi connectivity index (χ3v) is 2.30. The molecule has 1 fully saturated rings. The molecule has 1 aromatic heterocycles. The number of carboxylic acid groups (broad SMARTS) is 1. The summed E-state index contributed by atoms with van der Waals surface area (Å²) in [5.41, 5.74) is 0. The molecule has 1 aliphatic heterocycles. The van der Waals surface area contributed by atoms with Gasteiger partial charge in [0, 0.05) is 25.9 Å². The highest BCUT2D eigenvalue weighted by atomic mass is 16.4. The number of nitrogens with zero attached hydrogens (tertiary/aromatic N) is 2. The molecule has 1 aliphatic rings. The first-order valence-corrected chi connectivity index (χ1v) is 4.62. The summed E-state index contributed by atoms with van der Waals surface area (Å²) < 4.78 is 5.02.